The number of amides is 1. The number of carbonyl (C=O) groups excluding carboxylic acids is 1. The third kappa shape index (κ3) is 3.80. The first-order valence-corrected chi connectivity index (χ1v) is 6.84. The molecule has 2 aromatic rings. The van der Waals surface area contributed by atoms with Gasteiger partial charge in [-0.1, -0.05) is 6.42 Å². The number of nitrogens with one attached hydrogen (secondary N) is 2. The minimum Gasteiger partial charge on any atom is -0.325 e. The van der Waals surface area contributed by atoms with Gasteiger partial charge in [-0.05, 0) is 43.7 Å². The van der Waals surface area contributed by atoms with E-state index in [4.69, 9.17) is 0 Å². The highest BCUT2D eigenvalue weighted by Gasteiger charge is 2.20. The van der Waals surface area contributed by atoms with Gasteiger partial charge in [0, 0.05) is 5.69 Å². The van der Waals surface area contributed by atoms with Crippen molar-refractivity contribution in [3.05, 3.63) is 36.7 Å². The fourth-order valence-corrected chi connectivity index (χ4v) is 2.33. The summed E-state index contributed by atoms with van der Waals surface area (Å²) in [5.41, 5.74) is 1.65. The first-order chi connectivity index (χ1) is 9.83. The van der Waals surface area contributed by atoms with E-state index < -0.39 is 0 Å². The third-order valence-corrected chi connectivity index (χ3v) is 3.41. The molecule has 1 atom stereocenters. The lowest BCUT2D eigenvalue weighted by atomic mass is 10.0. The molecule has 2 heterocycles. The predicted octanol–water partition coefficient (Wildman–Crippen LogP) is 1.77. The molecule has 1 aromatic heterocycles. The van der Waals surface area contributed by atoms with Crippen LogP contribution >= 0.6 is 12.4 Å². The Morgan fingerprint density at radius 2 is 1.90 bits per heavy atom. The zero-order valence-electron chi connectivity index (χ0n) is 11.5. The molecule has 1 saturated heterocycles. The van der Waals surface area contributed by atoms with Gasteiger partial charge in [-0.2, -0.15) is 15.0 Å². The van der Waals surface area contributed by atoms with Crippen LogP contribution in [0, 0.1) is 0 Å². The standard InChI is InChI=1S/C14H17N5O.ClH/c20-14(13-3-1-2-8-15-13)18-11-4-6-12(7-5-11)19-16-9-10-17-19;/h4-7,9-10,13,15H,1-3,8H2,(H,18,20);1H/t13-;/m1./s1. The van der Waals surface area contributed by atoms with Crippen molar-refractivity contribution >= 4 is 24.0 Å². The van der Waals surface area contributed by atoms with Crippen LogP contribution in [0.3, 0.4) is 0 Å². The van der Waals surface area contributed by atoms with Crippen molar-refractivity contribution in [1.82, 2.24) is 20.3 Å². The molecule has 0 unspecified atom stereocenters. The number of piperidine rings is 1. The van der Waals surface area contributed by atoms with E-state index in [0.717, 1.165) is 37.2 Å². The third-order valence-electron chi connectivity index (χ3n) is 3.41. The second kappa shape index (κ2) is 7.19. The van der Waals surface area contributed by atoms with Gasteiger partial charge in [0.25, 0.3) is 0 Å². The van der Waals surface area contributed by atoms with Gasteiger partial charge < -0.3 is 10.6 Å². The molecule has 0 bridgehead atoms. The molecule has 1 aliphatic heterocycles. The Kier molecular flexibility index (Phi) is 5.30. The van der Waals surface area contributed by atoms with Crippen molar-refractivity contribution in [2.24, 2.45) is 0 Å². The summed E-state index contributed by atoms with van der Waals surface area (Å²) in [6.07, 6.45) is 6.42. The largest absolute Gasteiger partial charge is 0.325 e. The van der Waals surface area contributed by atoms with Crippen LogP contribution in [-0.2, 0) is 4.79 Å². The van der Waals surface area contributed by atoms with Gasteiger partial charge in [0.15, 0.2) is 0 Å². The summed E-state index contributed by atoms with van der Waals surface area (Å²) >= 11 is 0. The average Bonchev–Trinajstić information content (AvgIpc) is 3.03. The lowest BCUT2D eigenvalue weighted by Gasteiger charge is -2.22. The van der Waals surface area contributed by atoms with Gasteiger partial charge in [-0.25, -0.2) is 0 Å². The molecule has 7 heteroatoms. The Hall–Kier alpha value is -1.92. The van der Waals surface area contributed by atoms with Gasteiger partial charge in [-0.3, -0.25) is 4.79 Å². The molecule has 0 spiro atoms. The maximum absolute atomic E-state index is 12.1. The molecule has 0 saturated carbocycles. The number of nitrogens with zero attached hydrogens (tertiary/aromatic N) is 3. The van der Waals surface area contributed by atoms with Crippen molar-refractivity contribution < 1.29 is 4.79 Å². The number of halogens is 1. The molecule has 3 rings (SSSR count). The summed E-state index contributed by atoms with van der Waals surface area (Å²) in [5.74, 6) is 0.0367. The predicted molar refractivity (Wildman–Crippen MR) is 82.9 cm³/mol. The molecule has 1 fully saturated rings. The summed E-state index contributed by atoms with van der Waals surface area (Å²) in [5, 5.41) is 14.3. The zero-order chi connectivity index (χ0) is 13.8. The van der Waals surface area contributed by atoms with Crippen LogP contribution in [0.2, 0.25) is 0 Å². The van der Waals surface area contributed by atoms with Crippen molar-refractivity contribution in [3.8, 4) is 5.69 Å². The molecule has 1 aromatic carbocycles. The highest BCUT2D eigenvalue weighted by molar-refractivity contribution is 5.94. The van der Waals surface area contributed by atoms with Crippen molar-refractivity contribution in [3.63, 3.8) is 0 Å². The summed E-state index contributed by atoms with van der Waals surface area (Å²) in [7, 11) is 0. The van der Waals surface area contributed by atoms with Crippen LogP contribution < -0.4 is 10.6 Å². The van der Waals surface area contributed by atoms with Crippen LogP contribution in [0.1, 0.15) is 19.3 Å². The van der Waals surface area contributed by atoms with Crippen LogP contribution in [-0.4, -0.2) is 33.5 Å². The SMILES string of the molecule is Cl.O=C(Nc1ccc(-n2nccn2)cc1)[C@H]1CCCCN1. The van der Waals surface area contributed by atoms with Gasteiger partial charge in [0.05, 0.1) is 24.1 Å². The topological polar surface area (TPSA) is 71.8 Å². The van der Waals surface area contributed by atoms with Gasteiger partial charge in [0.1, 0.15) is 0 Å². The Bertz CT molecular complexity index is 564. The molecule has 6 nitrogen and oxygen atoms in total. The lowest BCUT2D eigenvalue weighted by Crippen LogP contribution is -2.43. The Morgan fingerprint density at radius 3 is 2.52 bits per heavy atom. The summed E-state index contributed by atoms with van der Waals surface area (Å²) < 4.78 is 0. The van der Waals surface area contributed by atoms with Crippen LogP contribution in [0.4, 0.5) is 5.69 Å². The Labute approximate surface area is 129 Å². The summed E-state index contributed by atoms with van der Waals surface area (Å²) in [6, 6.07) is 7.41. The Balaban J connectivity index is 0.00000161. The first-order valence-electron chi connectivity index (χ1n) is 6.84. The number of hydrogen-bond acceptors (Lipinski definition) is 4. The molecule has 1 aliphatic rings. The maximum Gasteiger partial charge on any atom is 0.241 e. The second-order valence-corrected chi connectivity index (χ2v) is 4.86. The van der Waals surface area contributed by atoms with Crippen molar-refractivity contribution in [2.75, 3.05) is 11.9 Å². The number of rotatable bonds is 3. The minimum absolute atomic E-state index is 0. The molecular formula is C14H18ClN5O. The average molecular weight is 308 g/mol. The smallest absolute Gasteiger partial charge is 0.241 e. The zero-order valence-corrected chi connectivity index (χ0v) is 12.3. The fraction of sp³-hybridized carbons (Fsp3) is 0.357. The second-order valence-electron chi connectivity index (χ2n) is 4.86. The highest BCUT2D eigenvalue weighted by Crippen LogP contribution is 2.14. The highest BCUT2D eigenvalue weighted by atomic mass is 35.5. The lowest BCUT2D eigenvalue weighted by molar-refractivity contribution is -0.118. The molecule has 1 amide bonds. The van der Waals surface area contributed by atoms with E-state index in [1.54, 1.807) is 12.4 Å². The van der Waals surface area contributed by atoms with Crippen molar-refractivity contribution in [2.45, 2.75) is 25.3 Å². The number of aromatic nitrogens is 3. The maximum atomic E-state index is 12.1. The molecular weight excluding hydrogens is 290 g/mol. The van der Waals surface area contributed by atoms with Crippen LogP contribution in [0.25, 0.3) is 5.69 Å². The van der Waals surface area contributed by atoms with E-state index >= 15 is 0 Å². The summed E-state index contributed by atoms with van der Waals surface area (Å²) in [4.78, 5) is 13.6. The van der Waals surface area contributed by atoms with Gasteiger partial charge in [-0.15, -0.1) is 12.4 Å². The monoisotopic (exact) mass is 307 g/mol. The molecule has 21 heavy (non-hydrogen) atoms. The van der Waals surface area contributed by atoms with E-state index in [-0.39, 0.29) is 24.4 Å². The van der Waals surface area contributed by atoms with E-state index in [2.05, 4.69) is 20.8 Å². The van der Waals surface area contributed by atoms with E-state index in [1.165, 1.54) is 4.80 Å². The van der Waals surface area contributed by atoms with Crippen molar-refractivity contribution in [1.29, 1.82) is 0 Å². The molecule has 112 valence electrons. The first kappa shape index (κ1) is 15.5. The van der Waals surface area contributed by atoms with Gasteiger partial charge in [0.2, 0.25) is 5.91 Å². The molecule has 0 aliphatic carbocycles. The molecule has 2 N–H and O–H groups in total. The summed E-state index contributed by atoms with van der Waals surface area (Å²) in [6.45, 7) is 0.919. The molecule has 0 radical (unpaired) electrons. The van der Waals surface area contributed by atoms with E-state index in [0.29, 0.717) is 0 Å². The van der Waals surface area contributed by atoms with Crippen LogP contribution in [0.15, 0.2) is 36.7 Å². The van der Waals surface area contributed by atoms with E-state index in [1.807, 2.05) is 24.3 Å². The number of anilines is 1. The quantitative estimate of drug-likeness (QED) is 0.906. The Morgan fingerprint density at radius 1 is 1.19 bits per heavy atom. The number of hydrogen-bond donors (Lipinski definition) is 2. The van der Waals surface area contributed by atoms with Gasteiger partial charge >= 0.3 is 0 Å². The normalized spacial score (nSPS) is 17.8. The van der Waals surface area contributed by atoms with E-state index in [9.17, 15) is 4.79 Å². The number of carbonyl (C=O) groups is 1. The minimum atomic E-state index is -0.0730. The van der Waals surface area contributed by atoms with Crippen LogP contribution in [0.5, 0.6) is 0 Å². The fourth-order valence-electron chi connectivity index (χ4n) is 2.33. The number of benzene rings is 1.